The predicted octanol–water partition coefficient (Wildman–Crippen LogP) is 3.81. The molecule has 0 spiro atoms. The van der Waals surface area contributed by atoms with Gasteiger partial charge in [-0.1, -0.05) is 18.2 Å². The van der Waals surface area contributed by atoms with Crippen molar-refractivity contribution >= 4 is 39.0 Å². The van der Waals surface area contributed by atoms with E-state index in [2.05, 4.69) is 10.0 Å². The van der Waals surface area contributed by atoms with Crippen molar-refractivity contribution in [3.05, 3.63) is 93.5 Å². The van der Waals surface area contributed by atoms with Crippen molar-refractivity contribution in [2.45, 2.75) is 18.7 Å². The molecule has 0 heterocycles. The van der Waals surface area contributed by atoms with E-state index in [1.54, 1.807) is 25.1 Å². The number of hydrogen-bond acceptors (Lipinski definition) is 7. The highest BCUT2D eigenvalue weighted by Gasteiger charge is 2.20. The molecule has 3 aromatic rings. The molecule has 1 amide bonds. The van der Waals surface area contributed by atoms with Gasteiger partial charge in [-0.3, -0.25) is 19.6 Å². The number of amides is 1. The van der Waals surface area contributed by atoms with Gasteiger partial charge in [0.15, 0.2) is 6.61 Å². The molecule has 0 radical (unpaired) electrons. The fraction of sp³-hybridized carbons (Fsp3) is 0.130. The maximum atomic E-state index is 12.8. The number of rotatable bonds is 8. The second-order valence-electron chi connectivity index (χ2n) is 7.38. The second-order valence-corrected chi connectivity index (χ2v) is 9.06. The zero-order valence-electron chi connectivity index (χ0n) is 18.3. The van der Waals surface area contributed by atoms with Gasteiger partial charge < -0.3 is 10.1 Å². The summed E-state index contributed by atoms with van der Waals surface area (Å²) in [6.45, 7) is 2.81. The Morgan fingerprint density at radius 2 is 1.68 bits per heavy atom. The Labute approximate surface area is 195 Å². The van der Waals surface area contributed by atoms with Crippen LogP contribution in [-0.2, 0) is 19.6 Å². The van der Waals surface area contributed by atoms with Crippen molar-refractivity contribution in [2.24, 2.45) is 0 Å². The topological polar surface area (TPSA) is 145 Å². The Morgan fingerprint density at radius 3 is 2.32 bits per heavy atom. The van der Waals surface area contributed by atoms with Crippen molar-refractivity contribution in [2.75, 3.05) is 16.6 Å². The molecule has 3 aromatic carbocycles. The number of nitro groups is 1. The number of hydrogen-bond donors (Lipinski definition) is 2. The van der Waals surface area contributed by atoms with E-state index in [-0.39, 0.29) is 21.8 Å². The molecule has 0 saturated heterocycles. The summed E-state index contributed by atoms with van der Waals surface area (Å²) in [6, 6.07) is 16.0. The standard InChI is InChI=1S/C23H21N3O7S/c1-15-4-3-5-18(12-15)25-34(31,32)20-11-6-16(2)21(13-20)23(28)33-14-22(27)24-17-7-9-19(10-8-17)26(29)30/h3-13,25H,14H2,1-2H3,(H,24,27). The molecule has 10 nitrogen and oxygen atoms in total. The first-order valence-electron chi connectivity index (χ1n) is 9.97. The van der Waals surface area contributed by atoms with E-state index in [1.807, 2.05) is 13.0 Å². The minimum absolute atomic E-state index is 0.00440. The number of ether oxygens (including phenoxy) is 1. The van der Waals surface area contributed by atoms with E-state index in [0.29, 0.717) is 11.3 Å². The minimum Gasteiger partial charge on any atom is -0.452 e. The van der Waals surface area contributed by atoms with Crippen LogP contribution in [-0.4, -0.2) is 31.8 Å². The summed E-state index contributed by atoms with van der Waals surface area (Å²) >= 11 is 0. The third-order valence-corrected chi connectivity index (χ3v) is 6.08. The van der Waals surface area contributed by atoms with Crippen LogP contribution in [0.2, 0.25) is 0 Å². The van der Waals surface area contributed by atoms with Crippen molar-refractivity contribution in [3.8, 4) is 0 Å². The van der Waals surface area contributed by atoms with Gasteiger partial charge >= 0.3 is 5.97 Å². The summed E-state index contributed by atoms with van der Waals surface area (Å²) in [5, 5.41) is 13.1. The highest BCUT2D eigenvalue weighted by molar-refractivity contribution is 7.92. The molecule has 11 heteroatoms. The van der Waals surface area contributed by atoms with Gasteiger partial charge in [0.2, 0.25) is 0 Å². The molecule has 34 heavy (non-hydrogen) atoms. The molecular weight excluding hydrogens is 462 g/mol. The number of nitro benzene ring substituents is 1. The second kappa shape index (κ2) is 10.1. The molecular formula is C23H21N3O7S. The first kappa shape index (κ1) is 24.4. The van der Waals surface area contributed by atoms with Gasteiger partial charge in [0.25, 0.3) is 21.6 Å². The molecule has 0 aliphatic rings. The molecule has 0 bridgehead atoms. The number of aryl methyl sites for hydroxylation is 2. The highest BCUT2D eigenvalue weighted by atomic mass is 32.2. The van der Waals surface area contributed by atoms with Crippen LogP contribution in [0, 0.1) is 24.0 Å². The van der Waals surface area contributed by atoms with Crippen molar-refractivity contribution in [1.29, 1.82) is 0 Å². The van der Waals surface area contributed by atoms with E-state index in [9.17, 15) is 28.1 Å². The molecule has 3 rings (SSSR count). The van der Waals surface area contributed by atoms with Crippen molar-refractivity contribution < 1.29 is 27.7 Å². The zero-order chi connectivity index (χ0) is 24.9. The lowest BCUT2D eigenvalue weighted by atomic mass is 10.1. The van der Waals surface area contributed by atoms with E-state index in [1.165, 1.54) is 42.5 Å². The maximum absolute atomic E-state index is 12.8. The fourth-order valence-corrected chi connectivity index (χ4v) is 4.06. The Bertz CT molecular complexity index is 1350. The van der Waals surface area contributed by atoms with E-state index in [0.717, 1.165) is 5.56 Å². The van der Waals surface area contributed by atoms with E-state index >= 15 is 0 Å². The SMILES string of the molecule is Cc1cccc(NS(=O)(=O)c2ccc(C)c(C(=O)OCC(=O)Nc3ccc([N+](=O)[O-])cc3)c2)c1. The smallest absolute Gasteiger partial charge is 0.338 e. The number of nitrogens with one attached hydrogen (secondary N) is 2. The lowest BCUT2D eigenvalue weighted by molar-refractivity contribution is -0.384. The first-order valence-corrected chi connectivity index (χ1v) is 11.4. The number of non-ortho nitro benzene ring substituents is 1. The van der Waals surface area contributed by atoms with Crippen LogP contribution < -0.4 is 10.0 Å². The third-order valence-electron chi connectivity index (χ3n) is 4.71. The first-order chi connectivity index (χ1) is 16.0. The number of carbonyl (C=O) groups excluding carboxylic acids is 2. The van der Waals surface area contributed by atoms with E-state index in [4.69, 9.17) is 4.74 Å². The third kappa shape index (κ3) is 6.17. The van der Waals surface area contributed by atoms with Crippen LogP contribution in [0.25, 0.3) is 0 Å². The van der Waals surface area contributed by atoms with Gasteiger partial charge in [0.1, 0.15) is 0 Å². The van der Waals surface area contributed by atoms with Gasteiger partial charge in [-0.15, -0.1) is 0 Å². The Kier molecular flexibility index (Phi) is 7.27. The summed E-state index contributed by atoms with van der Waals surface area (Å²) in [5.41, 5.74) is 1.88. The summed E-state index contributed by atoms with van der Waals surface area (Å²) in [4.78, 5) is 34.6. The predicted molar refractivity (Wildman–Crippen MR) is 125 cm³/mol. The number of sulfonamides is 1. The molecule has 0 fully saturated rings. The summed E-state index contributed by atoms with van der Waals surface area (Å²) in [6.07, 6.45) is 0. The normalized spacial score (nSPS) is 10.9. The number of esters is 1. The number of nitrogens with zero attached hydrogens (tertiary/aromatic N) is 1. The number of anilines is 2. The van der Waals surface area contributed by atoms with Crippen LogP contribution in [0.3, 0.4) is 0 Å². The number of carbonyl (C=O) groups is 2. The van der Waals surface area contributed by atoms with Crippen LogP contribution >= 0.6 is 0 Å². The lowest BCUT2D eigenvalue weighted by Crippen LogP contribution is -2.21. The summed E-state index contributed by atoms with van der Waals surface area (Å²) < 4.78 is 33.0. The quantitative estimate of drug-likeness (QED) is 0.281. The molecule has 0 aromatic heterocycles. The fourth-order valence-electron chi connectivity index (χ4n) is 2.98. The van der Waals surface area contributed by atoms with Gasteiger partial charge in [-0.2, -0.15) is 0 Å². The van der Waals surface area contributed by atoms with Crippen LogP contribution in [0.5, 0.6) is 0 Å². The summed E-state index contributed by atoms with van der Waals surface area (Å²) in [7, 11) is -3.97. The highest BCUT2D eigenvalue weighted by Crippen LogP contribution is 2.21. The average molecular weight is 484 g/mol. The Hall–Kier alpha value is -4.25. The van der Waals surface area contributed by atoms with Crippen molar-refractivity contribution in [3.63, 3.8) is 0 Å². The van der Waals surface area contributed by atoms with E-state index < -0.39 is 33.4 Å². The van der Waals surface area contributed by atoms with Gasteiger partial charge in [0, 0.05) is 23.5 Å². The zero-order valence-corrected chi connectivity index (χ0v) is 19.1. The Morgan fingerprint density at radius 1 is 0.971 bits per heavy atom. The minimum atomic E-state index is -3.97. The molecule has 0 atom stereocenters. The molecule has 176 valence electrons. The van der Waals surface area contributed by atoms with Crippen molar-refractivity contribution in [1.82, 2.24) is 0 Å². The molecule has 2 N–H and O–H groups in total. The Balaban J connectivity index is 1.67. The number of benzene rings is 3. The largest absolute Gasteiger partial charge is 0.452 e. The van der Waals surface area contributed by atoms with Crippen LogP contribution in [0.15, 0.2) is 71.6 Å². The molecule has 0 unspecified atom stereocenters. The molecule has 0 aliphatic heterocycles. The van der Waals surface area contributed by atoms with Gasteiger partial charge in [0.05, 0.1) is 15.4 Å². The molecule has 0 aliphatic carbocycles. The lowest BCUT2D eigenvalue weighted by Gasteiger charge is -2.12. The van der Waals surface area contributed by atoms with Gasteiger partial charge in [-0.05, 0) is 61.4 Å². The van der Waals surface area contributed by atoms with Crippen LogP contribution in [0.1, 0.15) is 21.5 Å². The molecule has 0 saturated carbocycles. The van der Waals surface area contributed by atoms with Gasteiger partial charge in [-0.25, -0.2) is 13.2 Å². The maximum Gasteiger partial charge on any atom is 0.338 e. The summed E-state index contributed by atoms with van der Waals surface area (Å²) in [5.74, 6) is -1.53. The average Bonchev–Trinajstić information content (AvgIpc) is 2.77. The van der Waals surface area contributed by atoms with Crippen LogP contribution in [0.4, 0.5) is 17.1 Å². The monoisotopic (exact) mass is 483 g/mol.